The Bertz CT molecular complexity index is 759. The van der Waals surface area contributed by atoms with Crippen LogP contribution in [0.2, 0.25) is 0 Å². The Kier molecular flexibility index (Phi) is 7.61. The molecule has 0 amide bonds. The van der Waals surface area contributed by atoms with Crippen molar-refractivity contribution in [3.63, 3.8) is 0 Å². The summed E-state index contributed by atoms with van der Waals surface area (Å²) in [6.45, 7) is 6.23. The number of halogens is 1. The third-order valence-electron chi connectivity index (χ3n) is 5.05. The molecule has 0 aliphatic carbocycles. The van der Waals surface area contributed by atoms with E-state index in [-0.39, 0.29) is 12.4 Å². The van der Waals surface area contributed by atoms with E-state index in [2.05, 4.69) is 15.6 Å². The molecule has 0 bridgehead atoms. The molecule has 2 rings (SSSR count). The maximum atomic E-state index is 13.2. The molecule has 1 heterocycles. The minimum absolute atomic E-state index is 0.208. The fraction of sp³-hybridized carbons (Fsp3) is 0.632. The second-order valence-electron chi connectivity index (χ2n) is 7.01. The number of aliphatic imine (C=N–C) groups is 1. The minimum Gasteiger partial charge on any atom is -0.381 e. The normalized spacial score (nSPS) is 17.6. The highest BCUT2D eigenvalue weighted by Crippen LogP contribution is 2.29. The maximum Gasteiger partial charge on any atom is 0.191 e. The summed E-state index contributed by atoms with van der Waals surface area (Å²) >= 11 is 0. The second-order valence-corrected chi connectivity index (χ2v) is 9.42. The molecule has 1 aromatic carbocycles. The molecule has 1 aliphatic heterocycles. The van der Waals surface area contributed by atoms with Crippen molar-refractivity contribution in [3.8, 4) is 0 Å². The molecule has 152 valence electrons. The van der Waals surface area contributed by atoms with Crippen LogP contribution in [0.15, 0.2) is 23.2 Å². The fourth-order valence-electron chi connectivity index (χ4n) is 3.21. The first-order valence-corrected chi connectivity index (χ1v) is 11.2. The largest absolute Gasteiger partial charge is 0.381 e. The van der Waals surface area contributed by atoms with Gasteiger partial charge in [0.25, 0.3) is 0 Å². The zero-order valence-corrected chi connectivity index (χ0v) is 17.2. The van der Waals surface area contributed by atoms with Gasteiger partial charge in [-0.15, -0.1) is 0 Å². The molecule has 6 nitrogen and oxygen atoms in total. The lowest BCUT2D eigenvalue weighted by molar-refractivity contribution is 0.0768. The maximum absolute atomic E-state index is 13.2. The van der Waals surface area contributed by atoms with E-state index in [1.165, 1.54) is 18.4 Å². The van der Waals surface area contributed by atoms with Gasteiger partial charge in [0, 0.05) is 32.6 Å². The van der Waals surface area contributed by atoms with Crippen LogP contribution in [0.25, 0.3) is 0 Å². The number of hydrogen-bond donors (Lipinski definition) is 2. The van der Waals surface area contributed by atoms with Crippen LogP contribution >= 0.6 is 0 Å². The SMILES string of the molecule is CCNC(=NCC1(S(C)(=O)=O)CCOCC1)NCCc1ccc(F)cc1C. The van der Waals surface area contributed by atoms with Crippen LogP contribution in [0, 0.1) is 12.7 Å². The predicted octanol–water partition coefficient (Wildman–Crippen LogP) is 1.83. The van der Waals surface area contributed by atoms with E-state index in [1.54, 1.807) is 6.07 Å². The summed E-state index contributed by atoms with van der Waals surface area (Å²) in [6, 6.07) is 4.77. The number of sulfone groups is 1. The van der Waals surface area contributed by atoms with E-state index >= 15 is 0 Å². The quantitative estimate of drug-likeness (QED) is 0.540. The first-order chi connectivity index (χ1) is 12.8. The number of nitrogens with zero attached hydrogens (tertiary/aromatic N) is 1. The van der Waals surface area contributed by atoms with Gasteiger partial charge in [-0.3, -0.25) is 4.99 Å². The van der Waals surface area contributed by atoms with Gasteiger partial charge >= 0.3 is 0 Å². The van der Waals surface area contributed by atoms with E-state index in [9.17, 15) is 12.8 Å². The summed E-state index contributed by atoms with van der Waals surface area (Å²) < 4.78 is 42.4. The Morgan fingerprint density at radius 1 is 1.30 bits per heavy atom. The lowest BCUT2D eigenvalue weighted by Crippen LogP contribution is -2.47. The number of rotatable bonds is 7. The number of aryl methyl sites for hydroxylation is 1. The van der Waals surface area contributed by atoms with Crippen molar-refractivity contribution in [1.29, 1.82) is 0 Å². The van der Waals surface area contributed by atoms with Crippen LogP contribution in [0.3, 0.4) is 0 Å². The van der Waals surface area contributed by atoms with Gasteiger partial charge in [0.15, 0.2) is 15.8 Å². The molecule has 0 spiro atoms. The first kappa shape index (κ1) is 21.6. The molecular weight excluding hydrogens is 369 g/mol. The van der Waals surface area contributed by atoms with Crippen LogP contribution in [0.5, 0.6) is 0 Å². The Balaban J connectivity index is 2.02. The van der Waals surface area contributed by atoms with E-state index < -0.39 is 14.6 Å². The zero-order chi connectivity index (χ0) is 19.9. The van der Waals surface area contributed by atoms with Crippen molar-refractivity contribution in [3.05, 3.63) is 35.1 Å². The summed E-state index contributed by atoms with van der Waals surface area (Å²) in [5.41, 5.74) is 1.98. The molecule has 0 atom stereocenters. The number of nitrogens with one attached hydrogen (secondary N) is 2. The molecule has 0 aromatic heterocycles. The molecular formula is C19H30FN3O3S. The van der Waals surface area contributed by atoms with Crippen molar-refractivity contribution in [2.24, 2.45) is 4.99 Å². The van der Waals surface area contributed by atoms with Gasteiger partial charge in [-0.25, -0.2) is 12.8 Å². The van der Waals surface area contributed by atoms with Gasteiger partial charge in [-0.1, -0.05) is 6.07 Å². The molecule has 1 aromatic rings. The summed E-state index contributed by atoms with van der Waals surface area (Å²) in [4.78, 5) is 4.54. The minimum atomic E-state index is -3.25. The lowest BCUT2D eigenvalue weighted by atomic mass is 9.99. The first-order valence-electron chi connectivity index (χ1n) is 9.32. The van der Waals surface area contributed by atoms with Gasteiger partial charge < -0.3 is 15.4 Å². The smallest absolute Gasteiger partial charge is 0.191 e. The van der Waals surface area contributed by atoms with Crippen molar-refractivity contribution in [1.82, 2.24) is 10.6 Å². The Morgan fingerprint density at radius 3 is 2.59 bits per heavy atom. The average molecular weight is 400 g/mol. The predicted molar refractivity (Wildman–Crippen MR) is 106 cm³/mol. The molecule has 1 fully saturated rings. The molecule has 2 N–H and O–H groups in total. The highest BCUT2D eigenvalue weighted by Gasteiger charge is 2.42. The monoisotopic (exact) mass is 399 g/mol. The summed E-state index contributed by atoms with van der Waals surface area (Å²) in [6.07, 6.45) is 2.93. The Hall–Kier alpha value is -1.67. The van der Waals surface area contributed by atoms with Crippen LogP contribution in [0.4, 0.5) is 4.39 Å². The zero-order valence-electron chi connectivity index (χ0n) is 16.3. The fourth-order valence-corrected chi connectivity index (χ4v) is 4.42. The van der Waals surface area contributed by atoms with Crippen LogP contribution in [-0.2, 0) is 21.0 Å². The molecule has 8 heteroatoms. The highest BCUT2D eigenvalue weighted by atomic mass is 32.2. The number of hydrogen-bond acceptors (Lipinski definition) is 4. The second kappa shape index (κ2) is 9.50. The van der Waals surface area contributed by atoms with Crippen LogP contribution < -0.4 is 10.6 Å². The van der Waals surface area contributed by atoms with Crippen LogP contribution in [-0.4, -0.2) is 58.2 Å². The van der Waals surface area contributed by atoms with Crippen molar-refractivity contribution in [2.45, 2.75) is 37.9 Å². The molecule has 0 unspecified atom stereocenters. The topological polar surface area (TPSA) is 79.8 Å². The molecule has 1 aliphatic rings. The van der Waals surface area contributed by atoms with E-state index in [1.807, 2.05) is 13.8 Å². The van der Waals surface area contributed by atoms with Gasteiger partial charge in [0.05, 0.1) is 11.3 Å². The van der Waals surface area contributed by atoms with E-state index in [4.69, 9.17) is 4.74 Å². The summed E-state index contributed by atoms with van der Waals surface area (Å²) in [5, 5.41) is 6.39. The summed E-state index contributed by atoms with van der Waals surface area (Å²) in [7, 11) is -3.25. The third-order valence-corrected chi connectivity index (χ3v) is 7.16. The van der Waals surface area contributed by atoms with Crippen molar-refractivity contribution < 1.29 is 17.5 Å². The van der Waals surface area contributed by atoms with Crippen molar-refractivity contribution >= 4 is 15.8 Å². The third kappa shape index (κ3) is 5.90. The number of benzene rings is 1. The lowest BCUT2D eigenvalue weighted by Gasteiger charge is -2.34. The number of ether oxygens (including phenoxy) is 1. The van der Waals surface area contributed by atoms with Gasteiger partial charge in [-0.2, -0.15) is 0 Å². The van der Waals surface area contributed by atoms with Gasteiger partial charge in [0.2, 0.25) is 0 Å². The highest BCUT2D eigenvalue weighted by molar-refractivity contribution is 7.92. The van der Waals surface area contributed by atoms with Gasteiger partial charge in [0.1, 0.15) is 5.82 Å². The average Bonchev–Trinajstić information content (AvgIpc) is 2.61. The molecule has 1 saturated heterocycles. The Labute approximate surface area is 161 Å². The van der Waals surface area contributed by atoms with E-state index in [0.29, 0.717) is 45.1 Å². The molecule has 0 saturated carbocycles. The summed E-state index contributed by atoms with van der Waals surface area (Å²) in [5.74, 6) is 0.355. The van der Waals surface area contributed by atoms with E-state index in [0.717, 1.165) is 17.5 Å². The molecule has 27 heavy (non-hydrogen) atoms. The standard InChI is InChI=1S/C19H30FN3O3S/c1-4-21-18(22-10-7-16-5-6-17(20)13-15(16)2)23-14-19(27(3,24)25)8-11-26-12-9-19/h5-6,13H,4,7-12,14H2,1-3H3,(H2,21,22,23). The van der Waals surface area contributed by atoms with Crippen molar-refractivity contribution in [2.75, 3.05) is 39.1 Å². The Morgan fingerprint density at radius 2 is 2.00 bits per heavy atom. The molecule has 0 radical (unpaired) electrons. The number of guanidine groups is 1. The van der Waals surface area contributed by atoms with Gasteiger partial charge in [-0.05, 0) is 56.4 Å². The van der Waals surface area contributed by atoms with Crippen LogP contribution in [0.1, 0.15) is 30.9 Å².